The average molecular weight is 325 g/mol. The van der Waals surface area contributed by atoms with E-state index in [9.17, 15) is 5.26 Å². The fraction of sp³-hybridized carbons (Fsp3) is 0.500. The van der Waals surface area contributed by atoms with Crippen molar-refractivity contribution in [1.29, 1.82) is 5.26 Å². The van der Waals surface area contributed by atoms with Crippen LogP contribution in [0.2, 0.25) is 0 Å². The summed E-state index contributed by atoms with van der Waals surface area (Å²) in [6, 6.07) is 8.23. The second-order valence-electron chi connectivity index (χ2n) is 4.55. The van der Waals surface area contributed by atoms with E-state index in [1.165, 1.54) is 0 Å². The fourth-order valence-electron chi connectivity index (χ4n) is 2.43. The highest BCUT2D eigenvalue weighted by molar-refractivity contribution is 9.08. The minimum atomic E-state index is 0.0485. The molecular weight excluding hydrogens is 308 g/mol. The van der Waals surface area contributed by atoms with Crippen LogP contribution in [0.25, 0.3) is 0 Å². The Kier molecular flexibility index (Phi) is 4.81. The van der Waals surface area contributed by atoms with E-state index in [-0.39, 0.29) is 12.2 Å². The third-order valence-corrected chi connectivity index (χ3v) is 4.14. The molecule has 0 spiro atoms. The number of hydrogen-bond acceptors (Lipinski definition) is 4. The first-order chi connectivity index (χ1) is 9.23. The van der Waals surface area contributed by atoms with Gasteiger partial charge < -0.3 is 14.4 Å². The first kappa shape index (κ1) is 14.3. The van der Waals surface area contributed by atoms with Crippen molar-refractivity contribution in [3.05, 3.63) is 29.3 Å². The zero-order valence-electron chi connectivity index (χ0n) is 11.1. The van der Waals surface area contributed by atoms with Gasteiger partial charge in [-0.2, -0.15) is 5.26 Å². The zero-order valence-corrected chi connectivity index (χ0v) is 12.7. The maximum atomic E-state index is 9.29. The van der Waals surface area contributed by atoms with Crippen LogP contribution < -0.4 is 4.90 Å². The van der Waals surface area contributed by atoms with Crippen molar-refractivity contribution in [1.82, 2.24) is 0 Å². The molecule has 0 bridgehead atoms. The number of nitriles is 1. The van der Waals surface area contributed by atoms with Crippen molar-refractivity contribution in [2.75, 3.05) is 32.2 Å². The molecule has 0 radical (unpaired) electrons. The summed E-state index contributed by atoms with van der Waals surface area (Å²) in [6.07, 6.45) is 0.0970. The molecule has 2 unspecified atom stereocenters. The Labute approximate surface area is 122 Å². The third-order valence-electron chi connectivity index (χ3n) is 3.50. The second kappa shape index (κ2) is 6.38. The molecule has 19 heavy (non-hydrogen) atoms. The molecular formula is C14H17BrN2O2. The maximum Gasteiger partial charge on any atom is 0.102 e. The number of alkyl halides is 1. The predicted molar refractivity (Wildman–Crippen MR) is 77.6 cm³/mol. The molecule has 1 aliphatic heterocycles. The minimum absolute atomic E-state index is 0.0485. The third kappa shape index (κ3) is 2.92. The Morgan fingerprint density at radius 3 is 2.42 bits per heavy atom. The van der Waals surface area contributed by atoms with E-state index in [1.54, 1.807) is 14.2 Å². The van der Waals surface area contributed by atoms with E-state index in [4.69, 9.17) is 9.47 Å². The van der Waals surface area contributed by atoms with Gasteiger partial charge in [-0.1, -0.05) is 22.0 Å². The summed E-state index contributed by atoms with van der Waals surface area (Å²) in [5, 5.41) is 10.0. The van der Waals surface area contributed by atoms with Gasteiger partial charge in [0.1, 0.15) is 18.3 Å². The van der Waals surface area contributed by atoms with Gasteiger partial charge in [-0.25, -0.2) is 0 Å². The molecule has 2 atom stereocenters. The monoisotopic (exact) mass is 324 g/mol. The molecule has 1 aliphatic rings. The van der Waals surface area contributed by atoms with Gasteiger partial charge in [0.05, 0.1) is 11.3 Å². The van der Waals surface area contributed by atoms with Crippen molar-refractivity contribution in [2.45, 2.75) is 17.5 Å². The molecule has 1 heterocycles. The van der Waals surface area contributed by atoms with E-state index >= 15 is 0 Å². The summed E-state index contributed by atoms with van der Waals surface area (Å²) >= 11 is 3.41. The number of nitrogens with zero attached hydrogens (tertiary/aromatic N) is 2. The van der Waals surface area contributed by atoms with Crippen LogP contribution >= 0.6 is 15.9 Å². The molecule has 1 aromatic rings. The van der Waals surface area contributed by atoms with Crippen molar-refractivity contribution in [2.24, 2.45) is 0 Å². The van der Waals surface area contributed by atoms with Gasteiger partial charge in [-0.3, -0.25) is 0 Å². The predicted octanol–water partition coefficient (Wildman–Crippen LogP) is 2.30. The molecule has 0 amide bonds. The van der Waals surface area contributed by atoms with Crippen LogP contribution in [0.1, 0.15) is 11.1 Å². The van der Waals surface area contributed by atoms with Crippen molar-refractivity contribution >= 4 is 21.6 Å². The summed E-state index contributed by atoms with van der Waals surface area (Å²) in [5.74, 6) is 0. The highest BCUT2D eigenvalue weighted by Crippen LogP contribution is 2.27. The lowest BCUT2D eigenvalue weighted by Crippen LogP contribution is -2.27. The standard InChI is InChI=1S/C14H17BrN2O2/c1-18-13-8-17(9-14(13)19-2)12-4-3-10(6-15)5-11(12)7-16/h3-5,13-14H,6,8-9H2,1-2H3. The van der Waals surface area contributed by atoms with Gasteiger partial charge in [0.2, 0.25) is 0 Å². The lowest BCUT2D eigenvalue weighted by Gasteiger charge is -2.19. The molecule has 4 nitrogen and oxygen atoms in total. The molecule has 1 aromatic carbocycles. The highest BCUT2D eigenvalue weighted by Gasteiger charge is 2.33. The summed E-state index contributed by atoms with van der Waals surface area (Å²) in [5.41, 5.74) is 2.75. The SMILES string of the molecule is COC1CN(c2ccc(CBr)cc2C#N)CC1OC. The van der Waals surface area contributed by atoms with Crippen molar-refractivity contribution in [3.63, 3.8) is 0 Å². The number of halogens is 1. The summed E-state index contributed by atoms with van der Waals surface area (Å²) < 4.78 is 10.9. The smallest absolute Gasteiger partial charge is 0.102 e. The Morgan fingerprint density at radius 1 is 1.32 bits per heavy atom. The quantitative estimate of drug-likeness (QED) is 0.797. The molecule has 0 aromatic heterocycles. The van der Waals surface area contributed by atoms with Crippen LogP contribution in [0.3, 0.4) is 0 Å². The Morgan fingerprint density at radius 2 is 1.95 bits per heavy atom. The molecule has 5 heteroatoms. The van der Waals surface area contributed by atoms with E-state index in [0.717, 1.165) is 29.7 Å². The molecule has 0 N–H and O–H groups in total. The first-order valence-electron chi connectivity index (χ1n) is 6.13. The van der Waals surface area contributed by atoms with Crippen molar-refractivity contribution < 1.29 is 9.47 Å². The van der Waals surface area contributed by atoms with Gasteiger partial charge in [-0.05, 0) is 17.7 Å². The Hall–Kier alpha value is -1.09. The molecule has 0 aliphatic carbocycles. The Bertz CT molecular complexity index is 475. The summed E-state index contributed by atoms with van der Waals surface area (Å²) in [7, 11) is 3.39. The van der Waals surface area contributed by atoms with Gasteiger partial charge in [0.25, 0.3) is 0 Å². The maximum absolute atomic E-state index is 9.29. The van der Waals surface area contributed by atoms with E-state index in [0.29, 0.717) is 5.56 Å². The number of hydrogen-bond donors (Lipinski definition) is 0. The molecule has 1 saturated heterocycles. The number of benzene rings is 1. The largest absolute Gasteiger partial charge is 0.377 e. The first-order valence-corrected chi connectivity index (χ1v) is 7.25. The van der Waals surface area contributed by atoms with E-state index < -0.39 is 0 Å². The molecule has 1 fully saturated rings. The zero-order chi connectivity index (χ0) is 13.8. The lowest BCUT2D eigenvalue weighted by molar-refractivity contribution is -0.00461. The normalized spacial score (nSPS) is 22.5. The van der Waals surface area contributed by atoms with Gasteiger partial charge in [0.15, 0.2) is 0 Å². The molecule has 102 valence electrons. The summed E-state index contributed by atoms with van der Waals surface area (Å²) in [4.78, 5) is 2.15. The van der Waals surface area contributed by atoms with Crippen LogP contribution in [0, 0.1) is 11.3 Å². The van der Waals surface area contributed by atoms with Crippen LogP contribution in [0.4, 0.5) is 5.69 Å². The number of ether oxygens (including phenoxy) is 2. The number of rotatable bonds is 4. The topological polar surface area (TPSA) is 45.5 Å². The van der Waals surface area contributed by atoms with E-state index in [2.05, 4.69) is 26.9 Å². The van der Waals surface area contributed by atoms with Gasteiger partial charge in [-0.15, -0.1) is 0 Å². The fourth-order valence-corrected chi connectivity index (χ4v) is 2.77. The van der Waals surface area contributed by atoms with Gasteiger partial charge in [0, 0.05) is 32.6 Å². The van der Waals surface area contributed by atoms with Crippen molar-refractivity contribution in [3.8, 4) is 6.07 Å². The molecule has 2 rings (SSSR count). The minimum Gasteiger partial charge on any atom is -0.377 e. The van der Waals surface area contributed by atoms with Gasteiger partial charge >= 0.3 is 0 Å². The molecule has 0 saturated carbocycles. The van der Waals surface area contributed by atoms with E-state index in [1.807, 2.05) is 18.2 Å². The van der Waals surface area contributed by atoms with Crippen LogP contribution in [-0.4, -0.2) is 39.5 Å². The summed E-state index contributed by atoms with van der Waals surface area (Å²) in [6.45, 7) is 1.49. The second-order valence-corrected chi connectivity index (χ2v) is 5.11. The number of methoxy groups -OCH3 is 2. The highest BCUT2D eigenvalue weighted by atomic mass is 79.9. The average Bonchev–Trinajstić information content (AvgIpc) is 2.89. The number of anilines is 1. The van der Waals surface area contributed by atoms with Crippen LogP contribution in [0.15, 0.2) is 18.2 Å². The van der Waals surface area contributed by atoms with Crippen LogP contribution in [-0.2, 0) is 14.8 Å². The van der Waals surface area contributed by atoms with Crippen LogP contribution in [0.5, 0.6) is 0 Å². The lowest BCUT2D eigenvalue weighted by atomic mass is 10.1. The Balaban J connectivity index is 2.26.